The lowest BCUT2D eigenvalue weighted by Gasteiger charge is -2.06. The summed E-state index contributed by atoms with van der Waals surface area (Å²) in [5.74, 6) is 0.0174. The molecular formula is C14H15N3O3. The molecule has 1 aromatic carbocycles. The molecule has 0 aliphatic heterocycles. The number of primary amides is 1. The van der Waals surface area contributed by atoms with Gasteiger partial charge in [-0.15, -0.1) is 0 Å². The molecule has 0 aliphatic carbocycles. The number of anilines is 1. The second kappa shape index (κ2) is 6.53. The smallest absolute Gasteiger partial charge is 0.248 e. The lowest BCUT2D eigenvalue weighted by molar-refractivity contribution is -0.115. The summed E-state index contributed by atoms with van der Waals surface area (Å²) in [5, 5.41) is 5.63. The number of benzene rings is 1. The van der Waals surface area contributed by atoms with Crippen LogP contribution < -0.4 is 16.4 Å². The van der Waals surface area contributed by atoms with E-state index in [1.54, 1.807) is 30.5 Å². The van der Waals surface area contributed by atoms with Crippen LogP contribution in [0.3, 0.4) is 0 Å². The summed E-state index contributed by atoms with van der Waals surface area (Å²) in [5.41, 5.74) is 6.06. The second-order valence-corrected chi connectivity index (χ2v) is 4.18. The molecule has 0 bridgehead atoms. The number of nitrogens with two attached hydrogens (primary N) is 1. The number of nitrogens with one attached hydrogen (secondary N) is 2. The molecule has 1 heterocycles. The predicted molar refractivity (Wildman–Crippen MR) is 74.0 cm³/mol. The minimum absolute atomic E-state index is 0.140. The summed E-state index contributed by atoms with van der Waals surface area (Å²) in [6, 6.07) is 10.1. The van der Waals surface area contributed by atoms with E-state index in [1.807, 2.05) is 6.07 Å². The molecular weight excluding hydrogens is 258 g/mol. The van der Waals surface area contributed by atoms with Gasteiger partial charge in [0.1, 0.15) is 5.76 Å². The Morgan fingerprint density at radius 3 is 2.75 bits per heavy atom. The lowest BCUT2D eigenvalue weighted by atomic mass is 10.2. The Morgan fingerprint density at radius 1 is 1.20 bits per heavy atom. The lowest BCUT2D eigenvalue weighted by Crippen LogP contribution is -2.27. The Morgan fingerprint density at radius 2 is 2.05 bits per heavy atom. The Balaban J connectivity index is 1.82. The van der Waals surface area contributed by atoms with Gasteiger partial charge < -0.3 is 20.8 Å². The number of hydrogen-bond acceptors (Lipinski definition) is 4. The zero-order chi connectivity index (χ0) is 14.4. The van der Waals surface area contributed by atoms with E-state index in [2.05, 4.69) is 10.6 Å². The van der Waals surface area contributed by atoms with Crippen molar-refractivity contribution in [2.45, 2.75) is 6.54 Å². The first-order valence-corrected chi connectivity index (χ1v) is 6.08. The molecule has 0 spiro atoms. The third-order valence-electron chi connectivity index (χ3n) is 2.60. The van der Waals surface area contributed by atoms with Gasteiger partial charge in [-0.05, 0) is 30.3 Å². The second-order valence-electron chi connectivity index (χ2n) is 4.18. The van der Waals surface area contributed by atoms with Crippen LogP contribution in [0.2, 0.25) is 0 Å². The van der Waals surface area contributed by atoms with E-state index in [0.29, 0.717) is 17.8 Å². The summed E-state index contributed by atoms with van der Waals surface area (Å²) in [6.45, 7) is 0.614. The third-order valence-corrected chi connectivity index (χ3v) is 2.60. The van der Waals surface area contributed by atoms with Crippen LogP contribution in [0.4, 0.5) is 5.69 Å². The van der Waals surface area contributed by atoms with Gasteiger partial charge in [0.15, 0.2) is 0 Å². The van der Waals surface area contributed by atoms with Gasteiger partial charge in [-0.25, -0.2) is 0 Å². The highest BCUT2D eigenvalue weighted by molar-refractivity contribution is 5.96. The van der Waals surface area contributed by atoms with Crippen LogP contribution in [0.25, 0.3) is 0 Å². The summed E-state index contributed by atoms with van der Waals surface area (Å²) in [7, 11) is 0. The largest absolute Gasteiger partial charge is 0.468 e. The molecule has 2 amide bonds. The number of rotatable bonds is 6. The van der Waals surface area contributed by atoms with Crippen LogP contribution in [0, 0.1) is 0 Å². The Bertz CT molecular complexity index is 593. The normalized spacial score (nSPS) is 10.2. The SMILES string of the molecule is NC(=O)c1cccc(NC(=O)CNCc2ccco2)c1. The molecule has 0 aliphatic rings. The van der Waals surface area contributed by atoms with Gasteiger partial charge in [-0.3, -0.25) is 9.59 Å². The molecule has 1 aromatic heterocycles. The van der Waals surface area contributed by atoms with E-state index in [0.717, 1.165) is 5.76 Å². The van der Waals surface area contributed by atoms with Crippen molar-refractivity contribution in [2.24, 2.45) is 5.73 Å². The first-order valence-electron chi connectivity index (χ1n) is 6.08. The van der Waals surface area contributed by atoms with Crippen molar-refractivity contribution in [1.29, 1.82) is 0 Å². The topological polar surface area (TPSA) is 97.4 Å². The van der Waals surface area contributed by atoms with Gasteiger partial charge >= 0.3 is 0 Å². The minimum atomic E-state index is -0.531. The van der Waals surface area contributed by atoms with Crippen molar-refractivity contribution in [3.8, 4) is 0 Å². The molecule has 104 valence electrons. The molecule has 0 saturated carbocycles. The standard InChI is InChI=1S/C14H15N3O3/c15-14(19)10-3-1-4-11(7-10)17-13(18)9-16-8-12-5-2-6-20-12/h1-7,16H,8-9H2,(H2,15,19)(H,17,18). The maximum Gasteiger partial charge on any atom is 0.248 e. The highest BCUT2D eigenvalue weighted by Crippen LogP contribution is 2.09. The molecule has 6 nitrogen and oxygen atoms in total. The van der Waals surface area contributed by atoms with Gasteiger partial charge in [0.2, 0.25) is 11.8 Å². The fraction of sp³-hybridized carbons (Fsp3) is 0.143. The molecule has 4 N–H and O–H groups in total. The minimum Gasteiger partial charge on any atom is -0.468 e. The van der Waals surface area contributed by atoms with Crippen molar-refractivity contribution in [3.63, 3.8) is 0 Å². The fourth-order valence-electron chi connectivity index (χ4n) is 1.67. The van der Waals surface area contributed by atoms with Crippen LogP contribution in [0.5, 0.6) is 0 Å². The van der Waals surface area contributed by atoms with Crippen LogP contribution in [-0.2, 0) is 11.3 Å². The molecule has 2 rings (SSSR count). The van der Waals surface area contributed by atoms with Gasteiger partial charge in [-0.2, -0.15) is 0 Å². The number of amides is 2. The molecule has 6 heteroatoms. The van der Waals surface area contributed by atoms with Crippen LogP contribution in [0.15, 0.2) is 47.1 Å². The van der Waals surface area contributed by atoms with E-state index in [9.17, 15) is 9.59 Å². The van der Waals surface area contributed by atoms with E-state index in [1.165, 1.54) is 6.07 Å². The summed E-state index contributed by atoms with van der Waals surface area (Å²) >= 11 is 0. The van der Waals surface area contributed by atoms with Crippen molar-refractivity contribution >= 4 is 17.5 Å². The highest BCUT2D eigenvalue weighted by Gasteiger charge is 2.05. The molecule has 20 heavy (non-hydrogen) atoms. The Labute approximate surface area is 116 Å². The quantitative estimate of drug-likeness (QED) is 0.734. The van der Waals surface area contributed by atoms with Crippen molar-refractivity contribution in [1.82, 2.24) is 5.32 Å². The molecule has 0 saturated heterocycles. The third kappa shape index (κ3) is 3.96. The van der Waals surface area contributed by atoms with E-state index in [4.69, 9.17) is 10.2 Å². The first-order chi connectivity index (χ1) is 9.65. The highest BCUT2D eigenvalue weighted by atomic mass is 16.3. The van der Waals surface area contributed by atoms with Crippen molar-refractivity contribution in [2.75, 3.05) is 11.9 Å². The average Bonchev–Trinajstić information content (AvgIpc) is 2.92. The molecule has 2 aromatic rings. The van der Waals surface area contributed by atoms with Crippen molar-refractivity contribution in [3.05, 3.63) is 54.0 Å². The molecule has 0 fully saturated rings. The van der Waals surface area contributed by atoms with E-state index < -0.39 is 5.91 Å². The number of carbonyl (C=O) groups excluding carboxylic acids is 2. The molecule has 0 unspecified atom stereocenters. The predicted octanol–water partition coefficient (Wildman–Crippen LogP) is 1.11. The maximum absolute atomic E-state index is 11.7. The Hall–Kier alpha value is -2.60. The van der Waals surface area contributed by atoms with E-state index >= 15 is 0 Å². The average molecular weight is 273 g/mol. The van der Waals surface area contributed by atoms with Gasteiger partial charge in [-0.1, -0.05) is 6.07 Å². The van der Waals surface area contributed by atoms with Crippen molar-refractivity contribution < 1.29 is 14.0 Å². The molecule has 0 radical (unpaired) electrons. The first kappa shape index (κ1) is 13.8. The van der Waals surface area contributed by atoms with E-state index in [-0.39, 0.29) is 12.5 Å². The Kier molecular flexibility index (Phi) is 4.52. The molecule has 0 atom stereocenters. The number of hydrogen-bond donors (Lipinski definition) is 3. The zero-order valence-electron chi connectivity index (χ0n) is 10.8. The fourth-order valence-corrected chi connectivity index (χ4v) is 1.67. The van der Waals surface area contributed by atoms with Gasteiger partial charge in [0.05, 0.1) is 19.4 Å². The van der Waals surface area contributed by atoms with Gasteiger partial charge in [0.25, 0.3) is 0 Å². The van der Waals surface area contributed by atoms with Crippen LogP contribution in [0.1, 0.15) is 16.1 Å². The van der Waals surface area contributed by atoms with Crippen LogP contribution >= 0.6 is 0 Å². The maximum atomic E-state index is 11.7. The monoisotopic (exact) mass is 273 g/mol. The van der Waals surface area contributed by atoms with Crippen LogP contribution in [-0.4, -0.2) is 18.4 Å². The van der Waals surface area contributed by atoms with Gasteiger partial charge in [0, 0.05) is 11.3 Å². The zero-order valence-corrected chi connectivity index (χ0v) is 10.8. The summed E-state index contributed by atoms with van der Waals surface area (Å²) in [6.07, 6.45) is 1.58. The summed E-state index contributed by atoms with van der Waals surface area (Å²) < 4.78 is 5.13. The number of furan rings is 1. The summed E-state index contributed by atoms with van der Waals surface area (Å²) in [4.78, 5) is 22.7. The number of carbonyl (C=O) groups is 2.